The normalized spacial score (nSPS) is 21.5. The standard InChI is InChI=1S/C9H14N2S.ClH/c1-6-7(2)12-9(11-6)8-4-3-5-10-8;/h8,10H,3-5H2,1-2H3;1H/t8-;/m0./s1. The van der Waals surface area contributed by atoms with Gasteiger partial charge in [-0.1, -0.05) is 0 Å². The van der Waals surface area contributed by atoms with Crippen molar-refractivity contribution in [2.75, 3.05) is 6.54 Å². The van der Waals surface area contributed by atoms with E-state index in [9.17, 15) is 0 Å². The molecule has 0 bridgehead atoms. The van der Waals surface area contributed by atoms with Gasteiger partial charge in [0.2, 0.25) is 0 Å². The number of nitrogens with zero attached hydrogens (tertiary/aromatic N) is 1. The largest absolute Gasteiger partial charge is 0.308 e. The molecule has 1 aromatic heterocycles. The van der Waals surface area contributed by atoms with Crippen LogP contribution in [0.3, 0.4) is 0 Å². The van der Waals surface area contributed by atoms with Crippen LogP contribution in [-0.4, -0.2) is 11.5 Å². The van der Waals surface area contributed by atoms with Crippen molar-refractivity contribution in [3.63, 3.8) is 0 Å². The van der Waals surface area contributed by atoms with Crippen LogP contribution in [0, 0.1) is 13.8 Å². The lowest BCUT2D eigenvalue weighted by Gasteiger charge is -2.03. The van der Waals surface area contributed by atoms with Crippen LogP contribution in [-0.2, 0) is 0 Å². The summed E-state index contributed by atoms with van der Waals surface area (Å²) in [6.45, 7) is 5.39. The van der Waals surface area contributed by atoms with E-state index in [1.54, 1.807) is 0 Å². The highest BCUT2D eigenvalue weighted by Gasteiger charge is 2.19. The van der Waals surface area contributed by atoms with Gasteiger partial charge < -0.3 is 5.32 Å². The maximum atomic E-state index is 4.55. The summed E-state index contributed by atoms with van der Waals surface area (Å²) in [5.74, 6) is 0. The van der Waals surface area contributed by atoms with Gasteiger partial charge in [0.1, 0.15) is 5.01 Å². The van der Waals surface area contributed by atoms with Crippen LogP contribution in [0.4, 0.5) is 0 Å². The third-order valence-electron chi connectivity index (χ3n) is 2.40. The Morgan fingerprint density at radius 3 is 2.69 bits per heavy atom. The van der Waals surface area contributed by atoms with Crippen molar-refractivity contribution in [2.45, 2.75) is 32.7 Å². The summed E-state index contributed by atoms with van der Waals surface area (Å²) < 4.78 is 0. The number of nitrogens with one attached hydrogen (secondary N) is 1. The first-order chi connectivity index (χ1) is 5.77. The summed E-state index contributed by atoms with van der Waals surface area (Å²) in [4.78, 5) is 5.91. The molecular formula is C9H15ClN2S. The topological polar surface area (TPSA) is 24.9 Å². The molecule has 1 saturated heterocycles. The molecule has 0 aromatic carbocycles. The molecule has 2 heterocycles. The minimum absolute atomic E-state index is 0. The molecule has 1 aliphatic rings. The highest BCUT2D eigenvalue weighted by atomic mass is 35.5. The van der Waals surface area contributed by atoms with Gasteiger partial charge in [-0.2, -0.15) is 0 Å². The van der Waals surface area contributed by atoms with Gasteiger partial charge in [-0.3, -0.25) is 0 Å². The molecule has 0 amide bonds. The number of rotatable bonds is 1. The van der Waals surface area contributed by atoms with E-state index in [1.807, 2.05) is 11.3 Å². The second kappa shape index (κ2) is 4.40. The molecule has 0 aliphatic carbocycles. The smallest absolute Gasteiger partial charge is 0.110 e. The molecule has 1 atom stereocenters. The molecule has 2 rings (SSSR count). The van der Waals surface area contributed by atoms with E-state index in [4.69, 9.17) is 0 Å². The van der Waals surface area contributed by atoms with E-state index < -0.39 is 0 Å². The quantitative estimate of drug-likeness (QED) is 0.784. The summed E-state index contributed by atoms with van der Waals surface area (Å²) in [6, 6.07) is 0.544. The Labute approximate surface area is 89.2 Å². The average molecular weight is 219 g/mol. The van der Waals surface area contributed by atoms with E-state index in [2.05, 4.69) is 24.1 Å². The van der Waals surface area contributed by atoms with Gasteiger partial charge in [-0.15, -0.1) is 23.7 Å². The third-order valence-corrected chi connectivity index (χ3v) is 3.59. The third kappa shape index (κ3) is 2.22. The minimum atomic E-state index is 0. The lowest BCUT2D eigenvalue weighted by Crippen LogP contribution is -2.12. The van der Waals surface area contributed by atoms with Gasteiger partial charge in [0.05, 0.1) is 11.7 Å². The number of aromatic nitrogens is 1. The summed E-state index contributed by atoms with van der Waals surface area (Å²) in [7, 11) is 0. The molecule has 13 heavy (non-hydrogen) atoms. The number of aryl methyl sites for hydroxylation is 2. The Bertz CT molecular complexity index is 260. The molecule has 1 fully saturated rings. The van der Waals surface area contributed by atoms with Crippen LogP contribution in [0.2, 0.25) is 0 Å². The Balaban J connectivity index is 0.000000845. The number of halogens is 1. The van der Waals surface area contributed by atoms with E-state index >= 15 is 0 Å². The Morgan fingerprint density at radius 2 is 2.23 bits per heavy atom. The van der Waals surface area contributed by atoms with Crippen LogP contribution in [0.5, 0.6) is 0 Å². The summed E-state index contributed by atoms with van der Waals surface area (Å²) in [5, 5.41) is 4.74. The van der Waals surface area contributed by atoms with Gasteiger partial charge in [-0.25, -0.2) is 4.98 Å². The second-order valence-electron chi connectivity index (χ2n) is 3.34. The van der Waals surface area contributed by atoms with Crippen molar-refractivity contribution in [1.82, 2.24) is 10.3 Å². The first-order valence-corrected chi connectivity index (χ1v) is 5.26. The van der Waals surface area contributed by atoms with Gasteiger partial charge in [0.25, 0.3) is 0 Å². The summed E-state index contributed by atoms with van der Waals surface area (Å²) in [5.41, 5.74) is 1.20. The number of hydrogen-bond acceptors (Lipinski definition) is 3. The summed E-state index contributed by atoms with van der Waals surface area (Å²) >= 11 is 1.84. The molecule has 1 N–H and O–H groups in total. The Hall–Kier alpha value is -0.120. The maximum absolute atomic E-state index is 4.55. The first kappa shape index (κ1) is 11.0. The van der Waals surface area contributed by atoms with Crippen LogP contribution in [0.1, 0.15) is 34.5 Å². The SMILES string of the molecule is Cc1nc([C@@H]2CCCN2)sc1C.Cl. The predicted octanol–water partition coefficient (Wildman–Crippen LogP) is 2.61. The van der Waals surface area contributed by atoms with Crippen molar-refractivity contribution in [2.24, 2.45) is 0 Å². The molecule has 74 valence electrons. The van der Waals surface area contributed by atoms with E-state index in [-0.39, 0.29) is 12.4 Å². The fraction of sp³-hybridized carbons (Fsp3) is 0.667. The fourth-order valence-electron chi connectivity index (χ4n) is 1.54. The lowest BCUT2D eigenvalue weighted by atomic mass is 10.2. The maximum Gasteiger partial charge on any atom is 0.110 e. The highest BCUT2D eigenvalue weighted by molar-refractivity contribution is 7.11. The van der Waals surface area contributed by atoms with E-state index in [0.717, 1.165) is 6.54 Å². The molecule has 4 heteroatoms. The summed E-state index contributed by atoms with van der Waals surface area (Å²) in [6.07, 6.45) is 2.55. The van der Waals surface area contributed by atoms with Crippen molar-refractivity contribution in [3.05, 3.63) is 15.6 Å². The fourth-order valence-corrected chi connectivity index (χ4v) is 2.57. The van der Waals surface area contributed by atoms with Crippen molar-refractivity contribution >= 4 is 23.7 Å². The Morgan fingerprint density at radius 1 is 1.46 bits per heavy atom. The Kier molecular flexibility index (Phi) is 3.71. The van der Waals surface area contributed by atoms with Crippen molar-refractivity contribution in [1.29, 1.82) is 0 Å². The van der Waals surface area contributed by atoms with Gasteiger partial charge in [0, 0.05) is 4.88 Å². The molecule has 2 nitrogen and oxygen atoms in total. The molecule has 1 aromatic rings. The van der Waals surface area contributed by atoms with Crippen molar-refractivity contribution < 1.29 is 0 Å². The molecular weight excluding hydrogens is 204 g/mol. The van der Waals surface area contributed by atoms with Crippen LogP contribution < -0.4 is 5.32 Å². The van der Waals surface area contributed by atoms with Crippen molar-refractivity contribution in [3.8, 4) is 0 Å². The van der Waals surface area contributed by atoms with Crippen LogP contribution >= 0.6 is 23.7 Å². The van der Waals surface area contributed by atoms with E-state index in [1.165, 1.54) is 28.4 Å². The number of thiazole rings is 1. The molecule has 0 radical (unpaired) electrons. The molecule has 0 spiro atoms. The number of hydrogen-bond donors (Lipinski definition) is 1. The monoisotopic (exact) mass is 218 g/mol. The van der Waals surface area contributed by atoms with E-state index in [0.29, 0.717) is 6.04 Å². The lowest BCUT2D eigenvalue weighted by molar-refractivity contribution is 0.641. The van der Waals surface area contributed by atoms with Gasteiger partial charge in [0.15, 0.2) is 0 Å². The van der Waals surface area contributed by atoms with Gasteiger partial charge in [-0.05, 0) is 33.2 Å². The average Bonchev–Trinajstić information content (AvgIpc) is 2.61. The first-order valence-electron chi connectivity index (χ1n) is 4.44. The highest BCUT2D eigenvalue weighted by Crippen LogP contribution is 2.28. The molecule has 1 aliphatic heterocycles. The van der Waals surface area contributed by atoms with Crippen LogP contribution in [0.25, 0.3) is 0 Å². The van der Waals surface area contributed by atoms with Gasteiger partial charge >= 0.3 is 0 Å². The van der Waals surface area contributed by atoms with Crippen LogP contribution in [0.15, 0.2) is 0 Å². The molecule has 0 saturated carbocycles. The minimum Gasteiger partial charge on any atom is -0.308 e. The zero-order valence-electron chi connectivity index (χ0n) is 7.96. The predicted molar refractivity (Wildman–Crippen MR) is 58.8 cm³/mol. The zero-order chi connectivity index (χ0) is 8.55. The molecule has 0 unspecified atom stereocenters. The second-order valence-corrected chi connectivity index (χ2v) is 4.58. The zero-order valence-corrected chi connectivity index (χ0v) is 9.60.